The van der Waals surface area contributed by atoms with Crippen molar-refractivity contribution in [3.63, 3.8) is 0 Å². The molecule has 1 aromatic heterocycles. The average Bonchev–Trinajstić information content (AvgIpc) is 2.54. The molecule has 6 nitrogen and oxygen atoms in total. The van der Waals surface area contributed by atoms with Crippen LogP contribution < -0.4 is 0 Å². The number of hydrogen-bond donors (Lipinski definition) is 0. The van der Waals surface area contributed by atoms with Crippen LogP contribution in [0.3, 0.4) is 0 Å². The van der Waals surface area contributed by atoms with Crippen LogP contribution in [0, 0.1) is 0 Å². The first-order valence-electron chi connectivity index (χ1n) is 4.07. The Morgan fingerprint density at radius 2 is 2.07 bits per heavy atom. The van der Waals surface area contributed by atoms with Crippen LogP contribution >= 0.6 is 0 Å². The molecule has 0 spiro atoms. The number of cyclic esters (lactones) is 2. The van der Waals surface area contributed by atoms with Crippen molar-refractivity contribution >= 4 is 11.9 Å². The van der Waals surface area contributed by atoms with Gasteiger partial charge in [0.05, 0.1) is 18.8 Å². The predicted octanol–water partition coefficient (Wildman–Crippen LogP) is -0.440. The molecule has 0 amide bonds. The van der Waals surface area contributed by atoms with Gasteiger partial charge in [0.15, 0.2) is 6.39 Å². The topological polar surface area (TPSA) is 72.6 Å². The standard InChI is InChI=1S/C8H8N2O4/c11-7-2-10(3-8(12)14-7)1-6-4-13-5-9-6/h4-5H,1-3H2. The second-order valence-corrected chi connectivity index (χ2v) is 2.97. The largest absolute Gasteiger partial charge is 0.451 e. The minimum Gasteiger partial charge on any atom is -0.451 e. The first-order valence-corrected chi connectivity index (χ1v) is 4.07. The minimum absolute atomic E-state index is 0.110. The summed E-state index contributed by atoms with van der Waals surface area (Å²) in [6.45, 7) is 0.633. The molecule has 74 valence electrons. The summed E-state index contributed by atoms with van der Waals surface area (Å²) in [5, 5.41) is 0. The highest BCUT2D eigenvalue weighted by Crippen LogP contribution is 2.05. The molecular formula is C8H8N2O4. The van der Waals surface area contributed by atoms with Crippen molar-refractivity contribution in [3.8, 4) is 0 Å². The van der Waals surface area contributed by atoms with Crippen LogP contribution in [-0.4, -0.2) is 34.9 Å². The highest BCUT2D eigenvalue weighted by Gasteiger charge is 2.24. The zero-order valence-electron chi connectivity index (χ0n) is 7.30. The lowest BCUT2D eigenvalue weighted by Crippen LogP contribution is -2.42. The first-order chi connectivity index (χ1) is 6.74. The first kappa shape index (κ1) is 8.89. The smallest absolute Gasteiger partial charge is 0.327 e. The van der Waals surface area contributed by atoms with Gasteiger partial charge in [-0.2, -0.15) is 0 Å². The summed E-state index contributed by atoms with van der Waals surface area (Å²) >= 11 is 0. The van der Waals surface area contributed by atoms with E-state index in [1.165, 1.54) is 12.7 Å². The molecule has 1 aliphatic heterocycles. The molecule has 2 rings (SSSR count). The Balaban J connectivity index is 1.98. The Morgan fingerprint density at radius 1 is 1.36 bits per heavy atom. The van der Waals surface area contributed by atoms with E-state index in [1.807, 2.05) is 0 Å². The van der Waals surface area contributed by atoms with Crippen molar-refractivity contribution in [2.75, 3.05) is 13.1 Å². The van der Waals surface area contributed by atoms with Gasteiger partial charge >= 0.3 is 11.9 Å². The fourth-order valence-electron chi connectivity index (χ4n) is 1.27. The number of rotatable bonds is 2. The average molecular weight is 196 g/mol. The molecule has 0 N–H and O–H groups in total. The van der Waals surface area contributed by atoms with Crippen molar-refractivity contribution < 1.29 is 18.7 Å². The van der Waals surface area contributed by atoms with Gasteiger partial charge in [-0.05, 0) is 0 Å². The van der Waals surface area contributed by atoms with E-state index in [1.54, 1.807) is 4.90 Å². The van der Waals surface area contributed by atoms with Gasteiger partial charge < -0.3 is 9.15 Å². The lowest BCUT2D eigenvalue weighted by molar-refractivity contribution is -0.167. The zero-order chi connectivity index (χ0) is 9.97. The Hall–Kier alpha value is -1.69. The molecule has 1 fully saturated rings. The molecule has 0 saturated carbocycles. The maximum Gasteiger partial charge on any atom is 0.327 e. The van der Waals surface area contributed by atoms with E-state index in [2.05, 4.69) is 9.72 Å². The number of oxazole rings is 1. The maximum atomic E-state index is 10.9. The number of hydrogen-bond acceptors (Lipinski definition) is 6. The molecule has 0 radical (unpaired) electrons. The van der Waals surface area contributed by atoms with Crippen LogP contribution in [0.2, 0.25) is 0 Å². The minimum atomic E-state index is -0.523. The van der Waals surface area contributed by atoms with Gasteiger partial charge in [-0.15, -0.1) is 0 Å². The summed E-state index contributed by atoms with van der Waals surface area (Å²) in [7, 11) is 0. The molecule has 0 aromatic carbocycles. The molecule has 1 saturated heterocycles. The predicted molar refractivity (Wildman–Crippen MR) is 42.9 cm³/mol. The number of morpholine rings is 1. The number of esters is 2. The van der Waals surface area contributed by atoms with Gasteiger partial charge in [0.2, 0.25) is 0 Å². The van der Waals surface area contributed by atoms with Gasteiger partial charge in [0.1, 0.15) is 6.26 Å². The molecule has 0 bridgehead atoms. The SMILES string of the molecule is O=C1CN(Cc2cocn2)CC(=O)O1. The van der Waals surface area contributed by atoms with E-state index in [0.29, 0.717) is 12.2 Å². The maximum absolute atomic E-state index is 10.9. The van der Waals surface area contributed by atoms with Crippen LogP contribution in [0.1, 0.15) is 5.69 Å². The number of carbonyl (C=O) groups is 2. The summed E-state index contributed by atoms with van der Waals surface area (Å²) in [4.78, 5) is 27.3. The zero-order valence-corrected chi connectivity index (χ0v) is 7.30. The molecule has 2 heterocycles. The summed E-state index contributed by atoms with van der Waals surface area (Å²) in [6.07, 6.45) is 2.78. The number of ether oxygens (including phenoxy) is 1. The van der Waals surface area contributed by atoms with Gasteiger partial charge in [0.25, 0.3) is 0 Å². The molecule has 0 aliphatic carbocycles. The van der Waals surface area contributed by atoms with Crippen LogP contribution in [0.5, 0.6) is 0 Å². The second kappa shape index (κ2) is 3.59. The molecule has 1 aliphatic rings. The van der Waals surface area contributed by atoms with E-state index in [0.717, 1.165) is 0 Å². The van der Waals surface area contributed by atoms with E-state index in [4.69, 9.17) is 4.42 Å². The summed E-state index contributed by atoms with van der Waals surface area (Å²) in [5.74, 6) is -1.05. The van der Waals surface area contributed by atoms with E-state index < -0.39 is 11.9 Å². The van der Waals surface area contributed by atoms with Gasteiger partial charge in [-0.3, -0.25) is 14.5 Å². The Labute approximate surface area is 79.5 Å². The Morgan fingerprint density at radius 3 is 2.64 bits per heavy atom. The van der Waals surface area contributed by atoms with E-state index >= 15 is 0 Å². The molecule has 0 atom stereocenters. The van der Waals surface area contributed by atoms with Crippen LogP contribution in [0.25, 0.3) is 0 Å². The normalized spacial score (nSPS) is 18.3. The Kier molecular flexibility index (Phi) is 2.28. The van der Waals surface area contributed by atoms with Gasteiger partial charge in [-0.25, -0.2) is 4.98 Å². The van der Waals surface area contributed by atoms with Crippen molar-refractivity contribution in [3.05, 3.63) is 18.4 Å². The van der Waals surface area contributed by atoms with Gasteiger partial charge in [-0.1, -0.05) is 0 Å². The second-order valence-electron chi connectivity index (χ2n) is 2.97. The van der Waals surface area contributed by atoms with Crippen LogP contribution in [-0.2, 0) is 20.9 Å². The summed E-state index contributed by atoms with van der Waals surface area (Å²) < 4.78 is 9.14. The molecule has 14 heavy (non-hydrogen) atoms. The van der Waals surface area contributed by atoms with E-state index in [-0.39, 0.29) is 13.1 Å². The number of nitrogens with zero attached hydrogens (tertiary/aromatic N) is 2. The molecule has 1 aromatic rings. The third kappa shape index (κ3) is 1.97. The van der Waals surface area contributed by atoms with Crippen molar-refractivity contribution in [2.45, 2.75) is 6.54 Å². The van der Waals surface area contributed by atoms with Crippen molar-refractivity contribution in [2.24, 2.45) is 0 Å². The third-order valence-electron chi connectivity index (χ3n) is 1.80. The van der Waals surface area contributed by atoms with Crippen LogP contribution in [0.4, 0.5) is 0 Å². The highest BCUT2D eigenvalue weighted by atomic mass is 16.6. The lowest BCUT2D eigenvalue weighted by Gasteiger charge is -2.22. The van der Waals surface area contributed by atoms with Crippen LogP contribution in [0.15, 0.2) is 17.1 Å². The fraction of sp³-hybridized carbons (Fsp3) is 0.375. The Bertz CT molecular complexity index is 330. The quantitative estimate of drug-likeness (QED) is 0.471. The summed E-state index contributed by atoms with van der Waals surface area (Å²) in [6, 6.07) is 0. The fourth-order valence-corrected chi connectivity index (χ4v) is 1.27. The lowest BCUT2D eigenvalue weighted by atomic mass is 10.3. The van der Waals surface area contributed by atoms with Crippen molar-refractivity contribution in [1.82, 2.24) is 9.88 Å². The molecule has 6 heteroatoms. The van der Waals surface area contributed by atoms with E-state index in [9.17, 15) is 9.59 Å². The van der Waals surface area contributed by atoms with Gasteiger partial charge in [0, 0.05) is 6.54 Å². The third-order valence-corrected chi connectivity index (χ3v) is 1.80. The monoisotopic (exact) mass is 196 g/mol. The number of aromatic nitrogens is 1. The number of carbonyl (C=O) groups excluding carboxylic acids is 2. The highest BCUT2D eigenvalue weighted by molar-refractivity contribution is 5.90. The molecular weight excluding hydrogens is 188 g/mol. The van der Waals surface area contributed by atoms with Crippen molar-refractivity contribution in [1.29, 1.82) is 0 Å². The molecule has 0 unspecified atom stereocenters. The summed E-state index contributed by atoms with van der Waals surface area (Å²) in [5.41, 5.74) is 0.688.